The van der Waals surface area contributed by atoms with Crippen LogP contribution in [0.5, 0.6) is 5.75 Å². The van der Waals surface area contributed by atoms with Crippen molar-refractivity contribution in [2.24, 2.45) is 0 Å². The summed E-state index contributed by atoms with van der Waals surface area (Å²) in [6.07, 6.45) is -6.07. The minimum absolute atomic E-state index is 0.0593. The molecule has 1 aromatic heterocycles. The number of alkyl halides is 3. The number of carbonyl (C=O) groups is 2. The number of hydrogen-bond acceptors (Lipinski definition) is 4. The lowest BCUT2D eigenvalue weighted by molar-refractivity contribution is -0.137. The number of halogens is 5. The Labute approximate surface area is 272 Å². The highest BCUT2D eigenvalue weighted by atomic mass is 35.5. The molecule has 0 aliphatic carbocycles. The lowest BCUT2D eigenvalue weighted by Crippen LogP contribution is -2.26. The van der Waals surface area contributed by atoms with Gasteiger partial charge in [-0.25, -0.2) is 0 Å². The number of nitrogens with one attached hydrogen (secondary N) is 1. The molecule has 46 heavy (non-hydrogen) atoms. The third kappa shape index (κ3) is 7.81. The van der Waals surface area contributed by atoms with Crippen LogP contribution in [0.4, 0.5) is 13.2 Å². The van der Waals surface area contributed by atoms with Crippen LogP contribution in [0, 0.1) is 0 Å². The molecule has 7 nitrogen and oxygen atoms in total. The summed E-state index contributed by atoms with van der Waals surface area (Å²) in [7, 11) is 1.57. The Bertz CT molecular complexity index is 1850. The second-order valence-electron chi connectivity index (χ2n) is 10.6. The number of rotatable bonds is 11. The standard InChI is InChI=1S/C34H28Cl2F3N3O4/c1-46-27-9-6-20(7-10-27)23-8-11-28-30(18-23)42(41-32(28)24-16-25(35)19-26(36)17-24)29(12-14-34(37,38)39)21-2-4-22(5-3-21)33(45)40-15-13-31(43)44/h2-11,16-19,29H,12-15H2,1H3,(H,40,45)(H,43,44). The fourth-order valence-corrected chi connectivity index (χ4v) is 5.74. The first-order valence-electron chi connectivity index (χ1n) is 14.2. The Morgan fingerprint density at radius 2 is 1.57 bits per heavy atom. The molecule has 238 valence electrons. The maximum Gasteiger partial charge on any atom is 0.389 e. The molecule has 0 saturated heterocycles. The van der Waals surface area contributed by atoms with Crippen molar-refractivity contribution in [2.45, 2.75) is 31.5 Å². The average Bonchev–Trinajstić information content (AvgIpc) is 3.39. The number of ether oxygens (including phenoxy) is 1. The van der Waals surface area contributed by atoms with Crippen LogP contribution in [0.1, 0.15) is 41.2 Å². The molecular weight excluding hydrogens is 642 g/mol. The summed E-state index contributed by atoms with van der Waals surface area (Å²) in [5.74, 6) is -0.862. The van der Waals surface area contributed by atoms with Gasteiger partial charge in [-0.1, -0.05) is 53.5 Å². The van der Waals surface area contributed by atoms with E-state index in [2.05, 4.69) is 5.32 Å². The second kappa shape index (κ2) is 13.8. The highest BCUT2D eigenvalue weighted by Gasteiger charge is 2.31. The summed E-state index contributed by atoms with van der Waals surface area (Å²) in [6, 6.07) is 23.3. The molecule has 2 N–H and O–H groups in total. The Kier molecular flexibility index (Phi) is 9.88. The number of carbonyl (C=O) groups excluding carboxylic acids is 1. The number of hydrogen-bond donors (Lipinski definition) is 2. The number of fused-ring (bicyclic) bond motifs is 1. The lowest BCUT2D eigenvalue weighted by Gasteiger charge is -2.21. The quantitative estimate of drug-likeness (QED) is 0.147. The van der Waals surface area contributed by atoms with E-state index in [-0.39, 0.29) is 24.9 Å². The van der Waals surface area contributed by atoms with Crippen molar-refractivity contribution >= 4 is 46.0 Å². The lowest BCUT2D eigenvalue weighted by atomic mass is 9.99. The van der Waals surface area contributed by atoms with Gasteiger partial charge in [-0.2, -0.15) is 18.3 Å². The summed E-state index contributed by atoms with van der Waals surface area (Å²) in [5, 5.41) is 17.7. The van der Waals surface area contributed by atoms with Gasteiger partial charge in [0.1, 0.15) is 11.4 Å². The average molecular weight is 671 g/mol. The molecule has 5 rings (SSSR count). The number of carboxylic acid groups (broad SMARTS) is 1. The van der Waals surface area contributed by atoms with Crippen LogP contribution >= 0.6 is 23.2 Å². The Balaban J connectivity index is 1.64. The third-order valence-corrected chi connectivity index (χ3v) is 7.88. The largest absolute Gasteiger partial charge is 0.497 e. The van der Waals surface area contributed by atoms with E-state index in [9.17, 15) is 22.8 Å². The van der Waals surface area contributed by atoms with Crippen molar-refractivity contribution in [1.82, 2.24) is 15.1 Å². The molecule has 0 fully saturated rings. The molecule has 1 unspecified atom stereocenters. The monoisotopic (exact) mass is 669 g/mol. The van der Waals surface area contributed by atoms with Crippen molar-refractivity contribution in [3.63, 3.8) is 0 Å². The summed E-state index contributed by atoms with van der Waals surface area (Å²) in [4.78, 5) is 23.3. The SMILES string of the molecule is COc1ccc(-c2ccc3c(-c4cc(Cl)cc(Cl)c4)nn(C(CCC(F)(F)F)c4ccc(C(=O)NCCC(=O)O)cc4)c3c2)cc1. The number of nitrogens with zero attached hydrogens (tertiary/aromatic N) is 2. The Morgan fingerprint density at radius 3 is 2.17 bits per heavy atom. The zero-order valence-electron chi connectivity index (χ0n) is 24.4. The Morgan fingerprint density at radius 1 is 0.913 bits per heavy atom. The molecule has 0 bridgehead atoms. The molecule has 1 amide bonds. The molecule has 4 aromatic carbocycles. The molecule has 0 radical (unpaired) electrons. The first kappa shape index (κ1) is 32.8. The van der Waals surface area contributed by atoms with E-state index >= 15 is 0 Å². The van der Waals surface area contributed by atoms with E-state index in [0.717, 1.165) is 11.1 Å². The summed E-state index contributed by atoms with van der Waals surface area (Å²) in [6.45, 7) is -0.0593. The van der Waals surface area contributed by atoms with Gasteiger partial charge in [0.25, 0.3) is 5.91 Å². The molecule has 0 saturated carbocycles. The number of amides is 1. The van der Waals surface area contributed by atoms with Gasteiger partial charge in [0.2, 0.25) is 0 Å². The van der Waals surface area contributed by atoms with Crippen molar-refractivity contribution in [1.29, 1.82) is 0 Å². The number of carboxylic acids is 1. The number of aliphatic carboxylic acids is 1. The molecule has 12 heteroatoms. The van der Waals surface area contributed by atoms with Crippen molar-refractivity contribution in [3.8, 4) is 28.1 Å². The van der Waals surface area contributed by atoms with Gasteiger partial charge in [0, 0.05) is 39.5 Å². The molecular formula is C34H28Cl2F3N3O4. The van der Waals surface area contributed by atoms with Gasteiger partial charge in [-0.15, -0.1) is 0 Å². The number of methoxy groups -OCH3 is 1. The van der Waals surface area contributed by atoms with E-state index in [0.29, 0.717) is 43.5 Å². The number of benzene rings is 4. The zero-order chi connectivity index (χ0) is 33.0. The first-order chi connectivity index (χ1) is 21.9. The van der Waals surface area contributed by atoms with Crippen LogP contribution in [-0.2, 0) is 4.79 Å². The fourth-order valence-electron chi connectivity index (χ4n) is 5.21. The summed E-state index contributed by atoms with van der Waals surface area (Å²) < 4.78 is 47.8. The molecule has 0 aliphatic heterocycles. The van der Waals surface area contributed by atoms with E-state index in [1.165, 1.54) is 12.1 Å². The van der Waals surface area contributed by atoms with E-state index in [1.54, 1.807) is 42.1 Å². The van der Waals surface area contributed by atoms with E-state index in [1.807, 2.05) is 42.5 Å². The minimum Gasteiger partial charge on any atom is -0.497 e. The maximum absolute atomic E-state index is 13.6. The van der Waals surface area contributed by atoms with Crippen molar-refractivity contribution in [3.05, 3.63) is 106 Å². The summed E-state index contributed by atoms with van der Waals surface area (Å²) in [5.41, 5.74) is 4.10. The predicted octanol–water partition coefficient (Wildman–Crippen LogP) is 8.82. The van der Waals surface area contributed by atoms with Crippen LogP contribution < -0.4 is 10.1 Å². The van der Waals surface area contributed by atoms with Gasteiger partial charge < -0.3 is 15.2 Å². The maximum atomic E-state index is 13.6. The second-order valence-corrected chi connectivity index (χ2v) is 11.5. The van der Waals surface area contributed by atoms with Crippen LogP contribution in [0.25, 0.3) is 33.3 Å². The van der Waals surface area contributed by atoms with E-state index < -0.39 is 30.5 Å². The number of aromatic nitrogens is 2. The normalized spacial score (nSPS) is 12.2. The van der Waals surface area contributed by atoms with Crippen LogP contribution in [0.2, 0.25) is 10.0 Å². The van der Waals surface area contributed by atoms with Crippen LogP contribution in [-0.4, -0.2) is 46.6 Å². The smallest absolute Gasteiger partial charge is 0.389 e. The van der Waals surface area contributed by atoms with Gasteiger partial charge >= 0.3 is 12.1 Å². The predicted molar refractivity (Wildman–Crippen MR) is 172 cm³/mol. The summed E-state index contributed by atoms with van der Waals surface area (Å²) >= 11 is 12.6. The van der Waals surface area contributed by atoms with Crippen molar-refractivity contribution in [2.75, 3.05) is 13.7 Å². The van der Waals surface area contributed by atoms with Gasteiger partial charge in [-0.05, 0) is 77.7 Å². The van der Waals surface area contributed by atoms with Crippen LogP contribution in [0.3, 0.4) is 0 Å². The van der Waals surface area contributed by atoms with Crippen molar-refractivity contribution < 1.29 is 32.6 Å². The molecule has 1 atom stereocenters. The first-order valence-corrected chi connectivity index (χ1v) is 15.0. The molecule has 0 spiro atoms. The van der Waals surface area contributed by atoms with Gasteiger partial charge in [0.15, 0.2) is 0 Å². The molecule has 0 aliphatic rings. The zero-order valence-corrected chi connectivity index (χ0v) is 26.0. The highest BCUT2D eigenvalue weighted by molar-refractivity contribution is 6.35. The van der Waals surface area contributed by atoms with Gasteiger partial charge in [-0.3, -0.25) is 14.3 Å². The minimum atomic E-state index is -4.43. The fraction of sp³-hybridized carbons (Fsp3) is 0.206. The highest BCUT2D eigenvalue weighted by Crippen LogP contribution is 2.39. The van der Waals surface area contributed by atoms with Crippen LogP contribution in [0.15, 0.2) is 84.9 Å². The molecule has 5 aromatic rings. The topological polar surface area (TPSA) is 93.5 Å². The third-order valence-electron chi connectivity index (χ3n) is 7.45. The van der Waals surface area contributed by atoms with E-state index in [4.69, 9.17) is 38.1 Å². The van der Waals surface area contributed by atoms with Gasteiger partial charge in [0.05, 0.1) is 25.1 Å². The Hall–Kier alpha value is -4.54. The molecule has 1 heterocycles.